The lowest BCUT2D eigenvalue weighted by molar-refractivity contribution is -0.136. The van der Waals surface area contributed by atoms with Gasteiger partial charge in [0.15, 0.2) is 5.25 Å². The van der Waals surface area contributed by atoms with Crippen molar-refractivity contribution in [2.45, 2.75) is 70.0 Å². The van der Waals surface area contributed by atoms with E-state index in [0.29, 0.717) is 6.42 Å². The van der Waals surface area contributed by atoms with Crippen molar-refractivity contribution < 1.29 is 22.9 Å². The van der Waals surface area contributed by atoms with Gasteiger partial charge in [-0.25, -0.2) is 0 Å². The molecule has 0 bridgehead atoms. The third kappa shape index (κ3) is 14.7. The highest BCUT2D eigenvalue weighted by Crippen LogP contribution is 2.08. The molecule has 0 aliphatic heterocycles. The van der Waals surface area contributed by atoms with E-state index in [-0.39, 0.29) is 12.8 Å². The van der Waals surface area contributed by atoms with Crippen molar-refractivity contribution in [2.75, 3.05) is 0 Å². The number of allylic oxidation sites excluding steroid dienone is 8. The lowest BCUT2D eigenvalue weighted by Gasteiger charge is -2.06. The van der Waals surface area contributed by atoms with Gasteiger partial charge in [-0.3, -0.25) is 9.35 Å². The summed E-state index contributed by atoms with van der Waals surface area (Å²) in [5.41, 5.74) is 0. The van der Waals surface area contributed by atoms with Crippen molar-refractivity contribution >= 4 is 16.1 Å². The standard InChI is InChI=1S/C20H32O5S/c1-2-3-4-5-6-7-8-9-10-11-12-13-14-15-16-17-18-19(20(21)22)26(23,24)25/h6-7,9-10,12-13,15-16,19H,2-5,8,11,14,17-18H2,1H3,(H,21,22)(H,23,24,25). The average Bonchev–Trinajstić information content (AvgIpc) is 2.56. The van der Waals surface area contributed by atoms with Crippen molar-refractivity contribution in [1.82, 2.24) is 0 Å². The molecule has 0 saturated carbocycles. The summed E-state index contributed by atoms with van der Waals surface area (Å²) in [5.74, 6) is -1.52. The van der Waals surface area contributed by atoms with E-state index in [1.807, 2.05) is 18.2 Å². The normalized spacial score (nSPS) is 14.2. The number of rotatable bonds is 15. The second-order valence-electron chi connectivity index (χ2n) is 6.01. The summed E-state index contributed by atoms with van der Waals surface area (Å²) in [7, 11) is -4.54. The molecule has 0 aliphatic carbocycles. The number of unbranched alkanes of at least 4 members (excludes halogenated alkanes) is 3. The summed E-state index contributed by atoms with van der Waals surface area (Å²) in [5, 5.41) is 6.99. The number of carboxylic acid groups (broad SMARTS) is 1. The SMILES string of the molecule is CCCCCC=CCC=CCC=CCC=CCCC(C(=O)O)S(=O)(=O)O. The fraction of sp³-hybridized carbons (Fsp3) is 0.550. The van der Waals surface area contributed by atoms with Gasteiger partial charge in [-0.15, -0.1) is 0 Å². The average molecular weight is 385 g/mol. The molecule has 0 spiro atoms. The molecule has 0 heterocycles. The van der Waals surface area contributed by atoms with E-state index < -0.39 is 21.3 Å². The molecular formula is C20H32O5S. The lowest BCUT2D eigenvalue weighted by Crippen LogP contribution is -2.29. The van der Waals surface area contributed by atoms with Crippen LogP contribution in [0.2, 0.25) is 0 Å². The number of carboxylic acids is 1. The van der Waals surface area contributed by atoms with Gasteiger partial charge in [-0.1, -0.05) is 68.4 Å². The van der Waals surface area contributed by atoms with Crippen LogP contribution in [0.1, 0.15) is 64.7 Å². The van der Waals surface area contributed by atoms with Crippen molar-refractivity contribution in [3.63, 3.8) is 0 Å². The largest absolute Gasteiger partial charge is 0.480 e. The Balaban J connectivity index is 3.79. The Morgan fingerprint density at radius 2 is 1.31 bits per heavy atom. The molecule has 0 aliphatic rings. The molecule has 0 aromatic carbocycles. The van der Waals surface area contributed by atoms with Gasteiger partial charge in [0, 0.05) is 0 Å². The molecule has 1 atom stereocenters. The van der Waals surface area contributed by atoms with Crippen LogP contribution < -0.4 is 0 Å². The topological polar surface area (TPSA) is 91.7 Å². The van der Waals surface area contributed by atoms with Gasteiger partial charge in [0.1, 0.15) is 0 Å². The number of carbonyl (C=O) groups is 1. The number of aliphatic carboxylic acids is 1. The highest BCUT2D eigenvalue weighted by molar-refractivity contribution is 7.87. The summed E-state index contributed by atoms with van der Waals surface area (Å²) in [6, 6.07) is 0. The van der Waals surface area contributed by atoms with E-state index in [2.05, 4.69) is 31.2 Å². The summed E-state index contributed by atoms with van der Waals surface area (Å²) < 4.78 is 30.6. The van der Waals surface area contributed by atoms with E-state index in [1.54, 1.807) is 6.08 Å². The summed E-state index contributed by atoms with van der Waals surface area (Å²) >= 11 is 0. The van der Waals surface area contributed by atoms with Crippen LogP contribution in [0.5, 0.6) is 0 Å². The first-order valence-corrected chi connectivity index (χ1v) is 10.7. The second kappa shape index (κ2) is 15.6. The Morgan fingerprint density at radius 1 is 0.846 bits per heavy atom. The van der Waals surface area contributed by atoms with Crippen molar-refractivity contribution in [2.24, 2.45) is 0 Å². The Kier molecular flexibility index (Phi) is 14.6. The predicted octanol–water partition coefficient (Wildman–Crippen LogP) is 5.08. The molecule has 0 amide bonds. The molecule has 2 N–H and O–H groups in total. The second-order valence-corrected chi connectivity index (χ2v) is 7.61. The maximum Gasteiger partial charge on any atom is 0.324 e. The molecule has 26 heavy (non-hydrogen) atoms. The van der Waals surface area contributed by atoms with Crippen LogP contribution in [-0.2, 0) is 14.9 Å². The van der Waals surface area contributed by atoms with Gasteiger partial charge in [0.2, 0.25) is 0 Å². The van der Waals surface area contributed by atoms with Crippen LogP contribution >= 0.6 is 0 Å². The van der Waals surface area contributed by atoms with Crippen molar-refractivity contribution in [3.8, 4) is 0 Å². The highest BCUT2D eigenvalue weighted by Gasteiger charge is 2.29. The highest BCUT2D eigenvalue weighted by atomic mass is 32.2. The molecule has 0 radical (unpaired) electrons. The Hall–Kier alpha value is -1.66. The first-order valence-electron chi connectivity index (χ1n) is 9.18. The van der Waals surface area contributed by atoms with E-state index in [1.165, 1.54) is 19.3 Å². The number of hydrogen-bond acceptors (Lipinski definition) is 3. The van der Waals surface area contributed by atoms with E-state index in [0.717, 1.165) is 19.3 Å². The van der Waals surface area contributed by atoms with Crippen LogP contribution in [0.3, 0.4) is 0 Å². The van der Waals surface area contributed by atoms with Crippen LogP contribution in [-0.4, -0.2) is 29.3 Å². The van der Waals surface area contributed by atoms with Gasteiger partial charge in [-0.05, 0) is 44.9 Å². The molecule has 5 nitrogen and oxygen atoms in total. The molecule has 1 unspecified atom stereocenters. The van der Waals surface area contributed by atoms with Crippen LogP contribution in [0.15, 0.2) is 48.6 Å². The van der Waals surface area contributed by atoms with Crippen LogP contribution in [0.25, 0.3) is 0 Å². The molecule has 6 heteroatoms. The van der Waals surface area contributed by atoms with Crippen LogP contribution in [0, 0.1) is 0 Å². The zero-order chi connectivity index (χ0) is 19.7. The predicted molar refractivity (Wildman–Crippen MR) is 107 cm³/mol. The lowest BCUT2D eigenvalue weighted by atomic mass is 10.2. The first kappa shape index (κ1) is 24.3. The first-order chi connectivity index (χ1) is 12.4. The van der Waals surface area contributed by atoms with Crippen molar-refractivity contribution in [3.05, 3.63) is 48.6 Å². The summed E-state index contributed by atoms with van der Waals surface area (Å²) in [6.07, 6.45) is 23.9. The molecule has 0 rings (SSSR count). The minimum absolute atomic E-state index is 0.136. The molecule has 148 valence electrons. The molecule has 0 aromatic rings. The Labute approximate surface area is 157 Å². The summed E-state index contributed by atoms with van der Waals surface area (Å²) in [6.45, 7) is 2.20. The van der Waals surface area contributed by atoms with Crippen molar-refractivity contribution in [1.29, 1.82) is 0 Å². The smallest absolute Gasteiger partial charge is 0.324 e. The molecule has 0 saturated heterocycles. The van der Waals surface area contributed by atoms with E-state index >= 15 is 0 Å². The zero-order valence-corrected chi connectivity index (χ0v) is 16.4. The maximum absolute atomic E-state index is 10.9. The minimum atomic E-state index is -4.54. The number of hydrogen-bond donors (Lipinski definition) is 2. The maximum atomic E-state index is 10.9. The van der Waals surface area contributed by atoms with Crippen LogP contribution in [0.4, 0.5) is 0 Å². The zero-order valence-electron chi connectivity index (χ0n) is 15.6. The Morgan fingerprint density at radius 3 is 1.73 bits per heavy atom. The quantitative estimate of drug-likeness (QED) is 0.233. The molecule has 0 fully saturated rings. The van der Waals surface area contributed by atoms with Gasteiger partial charge >= 0.3 is 5.97 Å². The van der Waals surface area contributed by atoms with Gasteiger partial charge in [0.05, 0.1) is 0 Å². The van der Waals surface area contributed by atoms with E-state index in [9.17, 15) is 13.2 Å². The Bertz CT molecular complexity index is 585. The van der Waals surface area contributed by atoms with Gasteiger partial charge in [0.25, 0.3) is 10.1 Å². The summed E-state index contributed by atoms with van der Waals surface area (Å²) in [4.78, 5) is 10.8. The molecular weight excluding hydrogens is 352 g/mol. The third-order valence-electron chi connectivity index (χ3n) is 3.69. The van der Waals surface area contributed by atoms with E-state index in [4.69, 9.17) is 9.66 Å². The molecule has 0 aromatic heterocycles. The minimum Gasteiger partial charge on any atom is -0.480 e. The monoisotopic (exact) mass is 384 g/mol. The van der Waals surface area contributed by atoms with Gasteiger partial charge in [-0.2, -0.15) is 8.42 Å². The van der Waals surface area contributed by atoms with Gasteiger partial charge < -0.3 is 5.11 Å². The fourth-order valence-corrected chi connectivity index (χ4v) is 2.90. The fourth-order valence-electron chi connectivity index (χ4n) is 2.21. The third-order valence-corrected chi connectivity index (χ3v) is 4.84.